The zero-order chi connectivity index (χ0) is 13.3. The number of aryl methyl sites for hydroxylation is 1. The normalized spacial score (nSPS) is 29.3. The van der Waals surface area contributed by atoms with Crippen LogP contribution in [-0.4, -0.2) is 41.6 Å². The summed E-state index contributed by atoms with van der Waals surface area (Å²) in [7, 11) is 3.64. The molecule has 0 amide bonds. The molecule has 1 fully saturated rings. The van der Waals surface area contributed by atoms with Gasteiger partial charge in [0.25, 0.3) is 0 Å². The van der Waals surface area contributed by atoms with Gasteiger partial charge in [-0.25, -0.2) is 0 Å². The van der Waals surface area contributed by atoms with Crippen LogP contribution in [0.5, 0.6) is 0 Å². The van der Waals surface area contributed by atoms with Gasteiger partial charge in [-0.1, -0.05) is 0 Å². The molecular weight excluding hydrogens is 230 g/mol. The largest absolute Gasteiger partial charge is 0.394 e. The third-order valence-corrected chi connectivity index (χ3v) is 3.72. The zero-order valence-corrected chi connectivity index (χ0v) is 11.4. The third-order valence-electron chi connectivity index (χ3n) is 3.72. The molecule has 0 radical (unpaired) electrons. The van der Waals surface area contributed by atoms with Crippen molar-refractivity contribution in [2.75, 3.05) is 30.8 Å². The Morgan fingerprint density at radius 3 is 2.83 bits per heavy atom. The van der Waals surface area contributed by atoms with Gasteiger partial charge in [0.05, 0.1) is 17.5 Å². The van der Waals surface area contributed by atoms with E-state index in [2.05, 4.69) is 16.9 Å². The molecule has 4 N–H and O–H groups in total. The van der Waals surface area contributed by atoms with Crippen LogP contribution >= 0.6 is 0 Å². The van der Waals surface area contributed by atoms with Crippen LogP contribution in [0.25, 0.3) is 0 Å². The van der Waals surface area contributed by atoms with Crippen LogP contribution in [0.2, 0.25) is 0 Å². The van der Waals surface area contributed by atoms with Gasteiger partial charge in [-0.05, 0) is 19.8 Å². The SMILES string of the molecule is COC1(C)CC(N)CCN(c2c(N)cnn2C)C1. The minimum atomic E-state index is -0.243. The van der Waals surface area contributed by atoms with Crippen molar-refractivity contribution in [2.45, 2.75) is 31.4 Å². The number of rotatable bonds is 2. The molecule has 1 aromatic heterocycles. The maximum atomic E-state index is 6.12. The summed E-state index contributed by atoms with van der Waals surface area (Å²) in [5, 5.41) is 4.19. The lowest BCUT2D eigenvalue weighted by atomic mass is 9.97. The van der Waals surface area contributed by atoms with Crippen molar-refractivity contribution in [3.05, 3.63) is 6.20 Å². The highest BCUT2D eigenvalue weighted by Gasteiger charge is 2.34. The molecule has 6 heteroatoms. The predicted molar refractivity (Wildman–Crippen MR) is 72.5 cm³/mol. The molecule has 2 rings (SSSR count). The first-order valence-corrected chi connectivity index (χ1v) is 6.28. The number of nitrogens with two attached hydrogens (primary N) is 2. The van der Waals surface area contributed by atoms with E-state index in [0.717, 1.165) is 31.7 Å². The van der Waals surface area contributed by atoms with E-state index in [4.69, 9.17) is 16.2 Å². The molecule has 1 aliphatic heterocycles. The summed E-state index contributed by atoms with van der Waals surface area (Å²) in [4.78, 5) is 2.22. The molecule has 1 aliphatic rings. The van der Waals surface area contributed by atoms with Gasteiger partial charge < -0.3 is 21.1 Å². The van der Waals surface area contributed by atoms with Gasteiger partial charge in [0.2, 0.25) is 0 Å². The summed E-state index contributed by atoms with van der Waals surface area (Å²) >= 11 is 0. The fraction of sp³-hybridized carbons (Fsp3) is 0.750. The highest BCUT2D eigenvalue weighted by molar-refractivity contribution is 5.62. The first-order chi connectivity index (χ1) is 8.45. The predicted octanol–water partition coefficient (Wildman–Crippen LogP) is 0.335. The molecule has 18 heavy (non-hydrogen) atoms. The third kappa shape index (κ3) is 2.44. The van der Waals surface area contributed by atoms with E-state index in [1.165, 1.54) is 0 Å². The topological polar surface area (TPSA) is 82.3 Å². The molecule has 1 saturated heterocycles. The molecule has 0 aliphatic carbocycles. The Kier molecular flexibility index (Phi) is 3.49. The zero-order valence-electron chi connectivity index (χ0n) is 11.4. The van der Waals surface area contributed by atoms with Gasteiger partial charge in [0.15, 0.2) is 0 Å². The van der Waals surface area contributed by atoms with Crippen LogP contribution in [-0.2, 0) is 11.8 Å². The molecule has 6 nitrogen and oxygen atoms in total. The van der Waals surface area contributed by atoms with Gasteiger partial charge in [-0.15, -0.1) is 0 Å². The van der Waals surface area contributed by atoms with Gasteiger partial charge in [-0.2, -0.15) is 5.10 Å². The number of nitrogen functional groups attached to an aromatic ring is 1. The van der Waals surface area contributed by atoms with E-state index in [-0.39, 0.29) is 11.6 Å². The number of anilines is 2. The van der Waals surface area contributed by atoms with Gasteiger partial charge in [0, 0.05) is 33.3 Å². The lowest BCUT2D eigenvalue weighted by Crippen LogP contribution is -2.43. The monoisotopic (exact) mass is 253 g/mol. The molecule has 0 aromatic carbocycles. The lowest BCUT2D eigenvalue weighted by molar-refractivity contribution is 0.00452. The van der Waals surface area contributed by atoms with E-state index >= 15 is 0 Å². The number of ether oxygens (including phenoxy) is 1. The maximum Gasteiger partial charge on any atom is 0.150 e. The molecule has 102 valence electrons. The van der Waals surface area contributed by atoms with Crippen molar-refractivity contribution in [3.63, 3.8) is 0 Å². The molecule has 0 spiro atoms. The van der Waals surface area contributed by atoms with Crippen molar-refractivity contribution in [2.24, 2.45) is 12.8 Å². The van der Waals surface area contributed by atoms with Crippen molar-refractivity contribution >= 4 is 11.5 Å². The number of aromatic nitrogens is 2. The first kappa shape index (κ1) is 13.2. The van der Waals surface area contributed by atoms with E-state index in [9.17, 15) is 0 Å². The maximum absolute atomic E-state index is 6.12. The minimum absolute atomic E-state index is 0.161. The highest BCUT2D eigenvalue weighted by Crippen LogP contribution is 2.29. The fourth-order valence-corrected chi connectivity index (χ4v) is 2.69. The summed E-state index contributed by atoms with van der Waals surface area (Å²) in [6.07, 6.45) is 3.48. The molecule has 0 saturated carbocycles. The summed E-state index contributed by atoms with van der Waals surface area (Å²) < 4.78 is 7.45. The second kappa shape index (κ2) is 4.78. The van der Waals surface area contributed by atoms with Crippen molar-refractivity contribution < 1.29 is 4.74 Å². The second-order valence-electron chi connectivity index (χ2n) is 5.38. The average molecular weight is 253 g/mol. The Hall–Kier alpha value is -1.27. The Morgan fingerprint density at radius 1 is 1.56 bits per heavy atom. The molecule has 2 heterocycles. The van der Waals surface area contributed by atoms with Gasteiger partial charge in [0.1, 0.15) is 5.82 Å². The van der Waals surface area contributed by atoms with Crippen molar-refractivity contribution in [1.29, 1.82) is 0 Å². The second-order valence-corrected chi connectivity index (χ2v) is 5.38. The van der Waals surface area contributed by atoms with Crippen molar-refractivity contribution in [3.8, 4) is 0 Å². The Morgan fingerprint density at radius 2 is 2.28 bits per heavy atom. The van der Waals surface area contributed by atoms with E-state index < -0.39 is 0 Å². The number of hydrogen-bond donors (Lipinski definition) is 2. The molecule has 2 unspecified atom stereocenters. The summed E-state index contributed by atoms with van der Waals surface area (Å²) in [6, 6.07) is 0.161. The van der Waals surface area contributed by atoms with Gasteiger partial charge in [-0.3, -0.25) is 4.68 Å². The summed E-state index contributed by atoms with van der Waals surface area (Å²) in [6.45, 7) is 3.75. The minimum Gasteiger partial charge on any atom is -0.394 e. The van der Waals surface area contributed by atoms with E-state index in [1.54, 1.807) is 13.3 Å². The van der Waals surface area contributed by atoms with Crippen LogP contribution in [0, 0.1) is 0 Å². The van der Waals surface area contributed by atoms with Crippen LogP contribution in [0.4, 0.5) is 11.5 Å². The van der Waals surface area contributed by atoms with Crippen LogP contribution < -0.4 is 16.4 Å². The molecule has 2 atom stereocenters. The Labute approximate surface area is 108 Å². The highest BCUT2D eigenvalue weighted by atomic mass is 16.5. The number of nitrogens with zero attached hydrogens (tertiary/aromatic N) is 3. The lowest BCUT2D eigenvalue weighted by Gasteiger charge is -2.33. The Bertz CT molecular complexity index is 399. The summed E-state index contributed by atoms with van der Waals surface area (Å²) in [5.74, 6) is 0.951. The smallest absolute Gasteiger partial charge is 0.150 e. The molecule has 0 bridgehead atoms. The quantitative estimate of drug-likeness (QED) is 0.794. The standard InChI is InChI=1S/C12H23N5O/c1-12(18-3)6-9(13)4-5-17(8-12)11-10(14)7-15-16(11)2/h7,9H,4-6,8,13-14H2,1-3H3. The van der Waals surface area contributed by atoms with Crippen molar-refractivity contribution in [1.82, 2.24) is 9.78 Å². The number of methoxy groups -OCH3 is 1. The van der Waals surface area contributed by atoms with E-state index in [1.807, 2.05) is 11.7 Å². The number of hydrogen-bond acceptors (Lipinski definition) is 5. The summed E-state index contributed by atoms with van der Waals surface area (Å²) in [5.41, 5.74) is 12.6. The van der Waals surface area contributed by atoms with Gasteiger partial charge >= 0.3 is 0 Å². The average Bonchev–Trinajstić information content (AvgIpc) is 2.56. The van der Waals surface area contributed by atoms with Crippen LogP contribution in [0.3, 0.4) is 0 Å². The van der Waals surface area contributed by atoms with Crippen LogP contribution in [0.1, 0.15) is 19.8 Å². The van der Waals surface area contributed by atoms with Crippen LogP contribution in [0.15, 0.2) is 6.20 Å². The molecule has 1 aromatic rings. The van der Waals surface area contributed by atoms with E-state index in [0.29, 0.717) is 5.69 Å². The fourth-order valence-electron chi connectivity index (χ4n) is 2.69. The molecular formula is C12H23N5O. The Balaban J connectivity index is 2.28. The first-order valence-electron chi connectivity index (χ1n) is 6.28.